The van der Waals surface area contributed by atoms with Crippen LogP contribution in [-0.4, -0.2) is 21.7 Å². The van der Waals surface area contributed by atoms with Crippen LogP contribution in [0.2, 0.25) is 10.0 Å². The largest absolute Gasteiger partial charge is 0.351 e. The van der Waals surface area contributed by atoms with Crippen LogP contribution in [0.5, 0.6) is 0 Å². The van der Waals surface area contributed by atoms with Gasteiger partial charge in [0.05, 0.1) is 6.20 Å². The lowest BCUT2D eigenvalue weighted by Crippen LogP contribution is -2.23. The van der Waals surface area contributed by atoms with Gasteiger partial charge in [-0.05, 0) is 30.7 Å². The zero-order valence-corrected chi connectivity index (χ0v) is 15.2. The Morgan fingerprint density at radius 3 is 2.44 bits per heavy atom. The van der Waals surface area contributed by atoms with E-state index in [9.17, 15) is 0 Å². The second-order valence-electron chi connectivity index (χ2n) is 5.42. The third-order valence-electron chi connectivity index (χ3n) is 3.59. The van der Waals surface area contributed by atoms with Gasteiger partial charge in [0.2, 0.25) is 5.95 Å². The van der Waals surface area contributed by atoms with E-state index in [1.165, 1.54) is 5.56 Å². The van der Waals surface area contributed by atoms with Crippen molar-refractivity contribution in [1.29, 1.82) is 0 Å². The lowest BCUT2D eigenvalue weighted by atomic mass is 10.2. The van der Waals surface area contributed by atoms with Crippen LogP contribution in [0.15, 0.2) is 54.7 Å². The zero-order valence-electron chi connectivity index (χ0n) is 13.7. The second-order valence-corrected chi connectivity index (χ2v) is 6.29. The smallest absolute Gasteiger partial charge is 0.249 e. The van der Waals surface area contributed by atoms with E-state index in [1.54, 1.807) is 24.4 Å². The van der Waals surface area contributed by atoms with Gasteiger partial charge in [0.1, 0.15) is 0 Å². The van der Waals surface area contributed by atoms with Gasteiger partial charge in [-0.1, -0.05) is 53.5 Å². The van der Waals surface area contributed by atoms with Gasteiger partial charge in [-0.3, -0.25) is 0 Å². The molecule has 0 aliphatic rings. The average Bonchev–Trinajstić information content (AvgIpc) is 2.60. The highest BCUT2D eigenvalue weighted by atomic mass is 35.5. The molecule has 0 bridgehead atoms. The van der Waals surface area contributed by atoms with Gasteiger partial charge in [0, 0.05) is 28.8 Å². The predicted octanol–water partition coefficient (Wildman–Crippen LogP) is 4.95. The van der Waals surface area contributed by atoms with Crippen LogP contribution in [0.4, 0.5) is 17.5 Å². The summed E-state index contributed by atoms with van der Waals surface area (Å²) in [7, 11) is 0. The van der Waals surface area contributed by atoms with E-state index in [-0.39, 0.29) is 0 Å². The summed E-state index contributed by atoms with van der Waals surface area (Å²) in [6, 6.07) is 15.4. The standard InChI is InChI=1S/C18H17Cl2N5/c1-2-25(12-13-6-4-3-5-7-13)17-11-21-24-18(23-17)22-16-9-14(19)8-15(20)10-16/h3-11H,2,12H2,1H3,(H,22,23,24). The van der Waals surface area contributed by atoms with Crippen molar-refractivity contribution in [2.45, 2.75) is 13.5 Å². The Balaban J connectivity index is 1.79. The third-order valence-corrected chi connectivity index (χ3v) is 4.02. The summed E-state index contributed by atoms with van der Waals surface area (Å²) in [6.45, 7) is 3.63. The summed E-state index contributed by atoms with van der Waals surface area (Å²) in [5, 5.41) is 12.3. The fraction of sp³-hybridized carbons (Fsp3) is 0.167. The quantitative estimate of drug-likeness (QED) is 0.662. The van der Waals surface area contributed by atoms with Crippen LogP contribution in [0, 0.1) is 0 Å². The summed E-state index contributed by atoms with van der Waals surface area (Å²) >= 11 is 12.0. The number of halogens is 2. The monoisotopic (exact) mass is 373 g/mol. The van der Waals surface area contributed by atoms with Crippen molar-refractivity contribution in [2.75, 3.05) is 16.8 Å². The molecule has 0 aliphatic carbocycles. The van der Waals surface area contributed by atoms with Crippen molar-refractivity contribution in [3.8, 4) is 0 Å². The average molecular weight is 374 g/mol. The summed E-state index contributed by atoms with van der Waals surface area (Å²) in [6.07, 6.45) is 1.66. The molecule has 7 heteroatoms. The number of rotatable bonds is 6. The number of hydrogen-bond donors (Lipinski definition) is 1. The van der Waals surface area contributed by atoms with Crippen molar-refractivity contribution < 1.29 is 0 Å². The molecule has 0 radical (unpaired) electrons. The molecule has 0 amide bonds. The molecular weight excluding hydrogens is 357 g/mol. The highest BCUT2D eigenvalue weighted by Gasteiger charge is 2.10. The van der Waals surface area contributed by atoms with Crippen LogP contribution in [0.1, 0.15) is 12.5 Å². The fourth-order valence-electron chi connectivity index (χ4n) is 2.41. The van der Waals surface area contributed by atoms with E-state index < -0.39 is 0 Å². The highest BCUT2D eigenvalue weighted by Crippen LogP contribution is 2.24. The molecule has 1 aromatic heterocycles. The van der Waals surface area contributed by atoms with Crippen LogP contribution in [-0.2, 0) is 6.54 Å². The molecular formula is C18H17Cl2N5. The van der Waals surface area contributed by atoms with Crippen molar-refractivity contribution in [1.82, 2.24) is 15.2 Å². The topological polar surface area (TPSA) is 53.9 Å². The highest BCUT2D eigenvalue weighted by molar-refractivity contribution is 6.35. The van der Waals surface area contributed by atoms with Gasteiger partial charge in [0.25, 0.3) is 0 Å². The molecule has 0 atom stereocenters. The Bertz CT molecular complexity index is 822. The maximum atomic E-state index is 6.02. The van der Waals surface area contributed by atoms with E-state index in [2.05, 4.69) is 44.5 Å². The molecule has 1 heterocycles. The SMILES string of the molecule is CCN(Cc1ccccc1)c1cnnc(Nc2cc(Cl)cc(Cl)c2)n1. The molecule has 0 spiro atoms. The second kappa shape index (κ2) is 8.14. The van der Waals surface area contributed by atoms with E-state index in [0.29, 0.717) is 21.7 Å². The molecule has 128 valence electrons. The van der Waals surface area contributed by atoms with Crippen LogP contribution >= 0.6 is 23.2 Å². The van der Waals surface area contributed by atoms with E-state index in [1.807, 2.05) is 18.2 Å². The Labute approximate surface area is 156 Å². The van der Waals surface area contributed by atoms with Crippen molar-refractivity contribution in [3.05, 3.63) is 70.3 Å². The normalized spacial score (nSPS) is 10.5. The number of nitrogens with zero attached hydrogens (tertiary/aromatic N) is 4. The Morgan fingerprint density at radius 1 is 1.04 bits per heavy atom. The minimum absolute atomic E-state index is 0.391. The third kappa shape index (κ3) is 4.81. The van der Waals surface area contributed by atoms with E-state index in [0.717, 1.165) is 18.9 Å². The van der Waals surface area contributed by atoms with Gasteiger partial charge in [-0.15, -0.1) is 5.10 Å². The van der Waals surface area contributed by atoms with Gasteiger partial charge in [0.15, 0.2) is 5.82 Å². The van der Waals surface area contributed by atoms with Gasteiger partial charge in [-0.2, -0.15) is 10.1 Å². The number of hydrogen-bond acceptors (Lipinski definition) is 5. The van der Waals surface area contributed by atoms with Gasteiger partial charge >= 0.3 is 0 Å². The van der Waals surface area contributed by atoms with Crippen molar-refractivity contribution in [3.63, 3.8) is 0 Å². The number of benzene rings is 2. The first-order valence-electron chi connectivity index (χ1n) is 7.86. The summed E-state index contributed by atoms with van der Waals surface area (Å²) in [4.78, 5) is 6.67. The predicted molar refractivity (Wildman–Crippen MR) is 103 cm³/mol. The van der Waals surface area contributed by atoms with E-state index in [4.69, 9.17) is 23.2 Å². The molecule has 25 heavy (non-hydrogen) atoms. The fourth-order valence-corrected chi connectivity index (χ4v) is 2.94. The van der Waals surface area contributed by atoms with Gasteiger partial charge in [-0.25, -0.2) is 0 Å². The summed E-state index contributed by atoms with van der Waals surface area (Å²) in [5.74, 6) is 1.14. The van der Waals surface area contributed by atoms with Crippen molar-refractivity contribution in [2.24, 2.45) is 0 Å². The first-order chi connectivity index (χ1) is 12.1. The van der Waals surface area contributed by atoms with Crippen LogP contribution in [0.25, 0.3) is 0 Å². The lowest BCUT2D eigenvalue weighted by Gasteiger charge is -2.21. The molecule has 3 aromatic rings. The molecule has 0 saturated heterocycles. The molecule has 1 N–H and O–H groups in total. The van der Waals surface area contributed by atoms with Gasteiger partial charge < -0.3 is 10.2 Å². The molecule has 5 nitrogen and oxygen atoms in total. The van der Waals surface area contributed by atoms with Crippen molar-refractivity contribution >= 4 is 40.7 Å². The maximum Gasteiger partial charge on any atom is 0.249 e. The summed E-state index contributed by atoms with van der Waals surface area (Å²) < 4.78 is 0. The minimum atomic E-state index is 0.391. The summed E-state index contributed by atoms with van der Waals surface area (Å²) in [5.41, 5.74) is 1.92. The first-order valence-corrected chi connectivity index (χ1v) is 8.61. The lowest BCUT2D eigenvalue weighted by molar-refractivity contribution is 0.798. The molecule has 3 rings (SSSR count). The minimum Gasteiger partial charge on any atom is -0.351 e. The first kappa shape index (κ1) is 17.5. The number of aromatic nitrogens is 3. The Hall–Kier alpha value is -2.37. The van der Waals surface area contributed by atoms with Crippen LogP contribution < -0.4 is 10.2 Å². The zero-order chi connectivity index (χ0) is 17.6. The molecule has 0 aliphatic heterocycles. The molecule has 0 fully saturated rings. The van der Waals surface area contributed by atoms with E-state index >= 15 is 0 Å². The molecule has 2 aromatic carbocycles. The Kier molecular flexibility index (Phi) is 5.68. The van der Waals surface area contributed by atoms with Crippen LogP contribution in [0.3, 0.4) is 0 Å². The molecule has 0 saturated carbocycles. The number of nitrogens with one attached hydrogen (secondary N) is 1. The molecule has 0 unspecified atom stereocenters. The Morgan fingerprint density at radius 2 is 1.76 bits per heavy atom. The maximum absolute atomic E-state index is 6.02. The number of anilines is 3.